The van der Waals surface area contributed by atoms with E-state index in [9.17, 15) is 9.59 Å². The van der Waals surface area contributed by atoms with Crippen LogP contribution in [0.4, 0.5) is 5.13 Å². The van der Waals surface area contributed by atoms with E-state index >= 15 is 0 Å². The molecule has 0 fully saturated rings. The maximum atomic E-state index is 14.0. The summed E-state index contributed by atoms with van der Waals surface area (Å²) in [5, 5.41) is 3.19. The van der Waals surface area contributed by atoms with Crippen LogP contribution in [0.5, 0.6) is 5.75 Å². The van der Waals surface area contributed by atoms with Crippen molar-refractivity contribution in [3.05, 3.63) is 76.6 Å². The highest BCUT2D eigenvalue weighted by Crippen LogP contribution is 2.35. The Labute approximate surface area is 218 Å². The average Bonchev–Trinajstić information content (AvgIpc) is 3.35. The summed E-state index contributed by atoms with van der Waals surface area (Å²) in [4.78, 5) is 35.7. The number of fused-ring (bicyclic) bond motifs is 4. The van der Waals surface area contributed by atoms with Gasteiger partial charge in [-0.3, -0.25) is 9.69 Å². The zero-order valence-electron chi connectivity index (χ0n) is 21.2. The fourth-order valence-corrected chi connectivity index (χ4v) is 5.54. The van der Waals surface area contributed by atoms with Gasteiger partial charge in [0.05, 0.1) is 11.3 Å². The molecule has 3 aromatic carbocycles. The van der Waals surface area contributed by atoms with Crippen LogP contribution in [0.15, 0.2) is 69.9 Å². The summed E-state index contributed by atoms with van der Waals surface area (Å²) in [6.45, 7) is 9.37. The number of likely N-dealkylation sites (N-methyl/N-ethyl adjacent to an activating group) is 1. The minimum absolute atomic E-state index is 0.00677. The van der Waals surface area contributed by atoms with E-state index in [0.717, 1.165) is 33.9 Å². The lowest BCUT2D eigenvalue weighted by Gasteiger charge is -2.24. The van der Waals surface area contributed by atoms with Gasteiger partial charge >= 0.3 is 5.63 Å². The summed E-state index contributed by atoms with van der Waals surface area (Å²) < 4.78 is 12.3. The fraction of sp³-hybridized carbons (Fsp3) is 0.276. The van der Waals surface area contributed by atoms with Gasteiger partial charge in [0.25, 0.3) is 5.91 Å². The molecule has 0 aliphatic carbocycles. The summed E-state index contributed by atoms with van der Waals surface area (Å²) >= 11 is 1.41. The van der Waals surface area contributed by atoms with Crippen molar-refractivity contribution in [1.29, 1.82) is 0 Å². The SMILES string of the molecule is CCOc1cccc2sc(N(CCN(CC)CC)C(=O)c3cc4c(ccc5ccccc54)oc3=O)nc12. The minimum atomic E-state index is -0.656. The zero-order chi connectivity index (χ0) is 25.9. The third-order valence-corrected chi connectivity index (χ3v) is 7.60. The number of aromatic nitrogens is 1. The lowest BCUT2D eigenvalue weighted by atomic mass is 10.0. The van der Waals surface area contributed by atoms with Crippen molar-refractivity contribution in [1.82, 2.24) is 9.88 Å². The van der Waals surface area contributed by atoms with E-state index in [1.807, 2.05) is 55.5 Å². The molecule has 0 unspecified atom stereocenters. The number of para-hydroxylation sites is 1. The molecule has 1 amide bonds. The topological polar surface area (TPSA) is 75.9 Å². The predicted molar refractivity (Wildman–Crippen MR) is 150 cm³/mol. The van der Waals surface area contributed by atoms with Gasteiger partial charge in [0.1, 0.15) is 22.4 Å². The molecule has 0 aliphatic rings. The van der Waals surface area contributed by atoms with Crippen molar-refractivity contribution in [2.24, 2.45) is 0 Å². The van der Waals surface area contributed by atoms with Crippen LogP contribution in [0.3, 0.4) is 0 Å². The number of anilines is 1. The Morgan fingerprint density at radius 2 is 1.78 bits per heavy atom. The molecular formula is C29H29N3O4S. The molecule has 37 heavy (non-hydrogen) atoms. The first-order chi connectivity index (χ1) is 18.0. The Kier molecular flexibility index (Phi) is 7.21. The number of rotatable bonds is 9. The summed E-state index contributed by atoms with van der Waals surface area (Å²) in [7, 11) is 0. The van der Waals surface area contributed by atoms with Crippen molar-refractivity contribution < 1.29 is 13.9 Å². The van der Waals surface area contributed by atoms with Gasteiger partial charge < -0.3 is 14.1 Å². The maximum Gasteiger partial charge on any atom is 0.349 e. The number of nitrogens with zero attached hydrogens (tertiary/aromatic N) is 3. The van der Waals surface area contributed by atoms with E-state index in [2.05, 4.69) is 18.7 Å². The highest BCUT2D eigenvalue weighted by molar-refractivity contribution is 7.22. The highest BCUT2D eigenvalue weighted by Gasteiger charge is 2.26. The number of amides is 1. The molecule has 0 saturated carbocycles. The molecule has 0 radical (unpaired) electrons. The molecule has 0 aliphatic heterocycles. The molecule has 0 atom stereocenters. The number of thiazole rings is 1. The smallest absolute Gasteiger partial charge is 0.349 e. The molecule has 0 bridgehead atoms. The van der Waals surface area contributed by atoms with Crippen LogP contribution in [-0.4, -0.2) is 48.6 Å². The van der Waals surface area contributed by atoms with E-state index in [1.165, 1.54) is 11.3 Å². The second-order valence-electron chi connectivity index (χ2n) is 8.66. The van der Waals surface area contributed by atoms with Crippen molar-refractivity contribution in [2.45, 2.75) is 20.8 Å². The predicted octanol–water partition coefficient (Wildman–Crippen LogP) is 5.94. The van der Waals surface area contributed by atoms with Gasteiger partial charge in [0.2, 0.25) is 0 Å². The Morgan fingerprint density at radius 1 is 0.973 bits per heavy atom. The lowest BCUT2D eigenvalue weighted by Crippen LogP contribution is -2.40. The molecule has 2 heterocycles. The third-order valence-electron chi connectivity index (χ3n) is 6.55. The quantitative estimate of drug-likeness (QED) is 0.179. The second kappa shape index (κ2) is 10.7. The summed E-state index contributed by atoms with van der Waals surface area (Å²) in [5.74, 6) is 0.253. The van der Waals surface area contributed by atoms with Crippen LogP contribution >= 0.6 is 11.3 Å². The van der Waals surface area contributed by atoms with E-state index in [4.69, 9.17) is 14.1 Å². The largest absolute Gasteiger partial charge is 0.492 e. The van der Waals surface area contributed by atoms with E-state index in [0.29, 0.717) is 41.7 Å². The first-order valence-corrected chi connectivity index (χ1v) is 13.4. The lowest BCUT2D eigenvalue weighted by molar-refractivity contribution is 0.0980. The van der Waals surface area contributed by atoms with Gasteiger partial charge in [-0.1, -0.05) is 61.6 Å². The number of hydrogen-bond donors (Lipinski definition) is 0. The van der Waals surface area contributed by atoms with Gasteiger partial charge in [0, 0.05) is 18.5 Å². The molecule has 0 saturated heterocycles. The Balaban J connectivity index is 1.62. The van der Waals surface area contributed by atoms with Crippen LogP contribution in [0, 0.1) is 0 Å². The molecule has 5 aromatic rings. The third kappa shape index (κ3) is 4.82. The molecule has 5 rings (SSSR count). The average molecular weight is 516 g/mol. The maximum absolute atomic E-state index is 14.0. The Bertz CT molecular complexity index is 1640. The number of ether oxygens (including phenoxy) is 1. The Hall–Kier alpha value is -3.75. The second-order valence-corrected chi connectivity index (χ2v) is 9.67. The van der Waals surface area contributed by atoms with Crippen LogP contribution in [-0.2, 0) is 0 Å². The standard InChI is InChI=1S/C29H29N3O4S/c1-4-31(5-2)16-17-32(29-30-26-24(35-6-3)12-9-13-25(26)37-29)27(33)22-18-21-20-11-8-7-10-19(20)14-15-23(21)36-28(22)34/h7-15,18H,4-6,16-17H2,1-3H3. The summed E-state index contributed by atoms with van der Waals surface area (Å²) in [6, 6.07) is 18.9. The van der Waals surface area contributed by atoms with Gasteiger partial charge in [0.15, 0.2) is 5.13 Å². The van der Waals surface area contributed by atoms with Gasteiger partial charge in [-0.05, 0) is 55.1 Å². The summed E-state index contributed by atoms with van der Waals surface area (Å²) in [5.41, 5.74) is 0.502. The van der Waals surface area contributed by atoms with Crippen LogP contribution in [0.2, 0.25) is 0 Å². The van der Waals surface area contributed by atoms with Crippen molar-refractivity contribution in [3.63, 3.8) is 0 Å². The van der Waals surface area contributed by atoms with Crippen molar-refractivity contribution in [3.8, 4) is 5.75 Å². The summed E-state index contributed by atoms with van der Waals surface area (Å²) in [6.07, 6.45) is 0. The molecule has 190 valence electrons. The monoisotopic (exact) mass is 515 g/mol. The van der Waals surface area contributed by atoms with Crippen molar-refractivity contribution in [2.75, 3.05) is 37.7 Å². The number of carbonyl (C=O) groups excluding carboxylic acids is 1. The van der Waals surface area contributed by atoms with Crippen molar-refractivity contribution >= 4 is 54.3 Å². The fourth-order valence-electron chi connectivity index (χ4n) is 4.53. The molecule has 2 aromatic heterocycles. The van der Waals surface area contributed by atoms with Crippen LogP contribution in [0.1, 0.15) is 31.1 Å². The molecule has 0 N–H and O–H groups in total. The molecule has 0 spiro atoms. The van der Waals surface area contributed by atoms with Gasteiger partial charge in [-0.25, -0.2) is 9.78 Å². The molecule has 7 nitrogen and oxygen atoms in total. The number of carbonyl (C=O) groups is 1. The van der Waals surface area contributed by atoms with Crippen LogP contribution in [0.25, 0.3) is 32.0 Å². The van der Waals surface area contributed by atoms with E-state index < -0.39 is 11.5 Å². The van der Waals surface area contributed by atoms with Gasteiger partial charge in [-0.15, -0.1) is 0 Å². The number of hydrogen-bond acceptors (Lipinski definition) is 7. The normalized spacial score (nSPS) is 11.6. The molecule has 8 heteroatoms. The number of benzene rings is 3. The zero-order valence-corrected chi connectivity index (χ0v) is 22.0. The highest BCUT2D eigenvalue weighted by atomic mass is 32.1. The first kappa shape index (κ1) is 24.9. The minimum Gasteiger partial charge on any atom is -0.492 e. The first-order valence-electron chi connectivity index (χ1n) is 12.6. The van der Waals surface area contributed by atoms with E-state index in [-0.39, 0.29) is 5.56 Å². The molecular weight excluding hydrogens is 486 g/mol. The van der Waals surface area contributed by atoms with E-state index in [1.54, 1.807) is 17.0 Å². The van der Waals surface area contributed by atoms with Crippen LogP contribution < -0.4 is 15.3 Å². The van der Waals surface area contributed by atoms with Gasteiger partial charge in [-0.2, -0.15) is 0 Å². The Morgan fingerprint density at radius 3 is 2.57 bits per heavy atom.